The zero-order valence-corrected chi connectivity index (χ0v) is 31.5. The third kappa shape index (κ3) is 3.94. The van der Waals surface area contributed by atoms with Gasteiger partial charge in [-0.2, -0.15) is 4.98 Å². The highest BCUT2D eigenvalue weighted by atomic mass is 32.1. The molecule has 14 rings (SSSR count). The van der Waals surface area contributed by atoms with Gasteiger partial charge in [0, 0.05) is 48.0 Å². The monoisotopic (exact) mass is 757 g/mol. The van der Waals surface area contributed by atoms with Crippen molar-refractivity contribution in [2.75, 3.05) is 0 Å². The van der Waals surface area contributed by atoms with Crippen molar-refractivity contribution in [2.45, 2.75) is 0 Å². The largest absolute Gasteiger partial charge is 0.456 e. The molecule has 6 heteroatoms. The van der Waals surface area contributed by atoms with E-state index < -0.39 is 0 Å². The van der Waals surface area contributed by atoms with Gasteiger partial charge in [0.1, 0.15) is 16.7 Å². The van der Waals surface area contributed by atoms with Crippen LogP contribution in [0.5, 0.6) is 0 Å². The van der Waals surface area contributed by atoms with Gasteiger partial charge in [-0.3, -0.25) is 4.57 Å². The molecule has 0 unspecified atom stereocenters. The number of furan rings is 2. The molecule has 0 fully saturated rings. The van der Waals surface area contributed by atoms with Crippen molar-refractivity contribution in [1.82, 2.24) is 14.5 Å². The van der Waals surface area contributed by atoms with Gasteiger partial charge in [-0.1, -0.05) is 127 Å². The molecule has 0 aliphatic carbocycles. The summed E-state index contributed by atoms with van der Waals surface area (Å²) < 4.78 is 18.0. The number of para-hydroxylation sites is 1. The molecule has 14 aromatic rings. The summed E-state index contributed by atoms with van der Waals surface area (Å²) in [6, 6.07) is 58.1. The van der Waals surface area contributed by atoms with E-state index in [1.165, 1.54) is 63.3 Å². The molecule has 0 spiro atoms. The van der Waals surface area contributed by atoms with Crippen LogP contribution in [0.4, 0.5) is 0 Å². The van der Waals surface area contributed by atoms with Crippen LogP contribution in [0.1, 0.15) is 0 Å². The smallest absolute Gasteiger partial charge is 0.238 e. The van der Waals surface area contributed by atoms with Gasteiger partial charge in [0.15, 0.2) is 0 Å². The maximum atomic E-state index is 6.65. The predicted molar refractivity (Wildman–Crippen MR) is 242 cm³/mol. The zero-order valence-electron chi connectivity index (χ0n) is 30.7. The lowest BCUT2D eigenvalue weighted by Gasteiger charge is -2.11. The molecule has 0 aliphatic rings. The fraction of sp³-hybridized carbons (Fsp3) is 0. The topological polar surface area (TPSA) is 57.0 Å². The minimum atomic E-state index is 0.543. The van der Waals surface area contributed by atoms with Crippen LogP contribution in [0.2, 0.25) is 0 Å². The van der Waals surface area contributed by atoms with E-state index in [1.54, 1.807) is 0 Å². The highest BCUT2D eigenvalue weighted by molar-refractivity contribution is 7.27. The molecular weight excluding hydrogens is 731 g/mol. The normalized spacial score (nSPS) is 12.5. The number of thiophene rings is 1. The fourth-order valence-electron chi connectivity index (χ4n) is 9.76. The predicted octanol–water partition coefficient (Wildman–Crippen LogP) is 14.9. The molecule has 5 heterocycles. The van der Waals surface area contributed by atoms with E-state index in [-0.39, 0.29) is 0 Å². The van der Waals surface area contributed by atoms with Crippen LogP contribution in [-0.4, -0.2) is 14.5 Å². The third-order valence-corrected chi connectivity index (χ3v) is 13.4. The highest BCUT2D eigenvalue weighted by Crippen LogP contribution is 2.49. The van der Waals surface area contributed by atoms with E-state index in [1.807, 2.05) is 29.5 Å². The Labute approximate surface area is 332 Å². The van der Waals surface area contributed by atoms with Crippen molar-refractivity contribution in [3.63, 3.8) is 0 Å². The zero-order chi connectivity index (χ0) is 37.6. The van der Waals surface area contributed by atoms with E-state index in [2.05, 4.69) is 150 Å². The summed E-state index contributed by atoms with van der Waals surface area (Å²) in [6.45, 7) is 0. The van der Waals surface area contributed by atoms with Crippen LogP contribution in [0.15, 0.2) is 173 Å². The third-order valence-electron chi connectivity index (χ3n) is 12.2. The van der Waals surface area contributed by atoms with Crippen LogP contribution in [-0.2, 0) is 0 Å². The first-order valence-electron chi connectivity index (χ1n) is 19.5. The summed E-state index contributed by atoms with van der Waals surface area (Å²) in [5.74, 6) is 0.557. The molecule has 5 nitrogen and oxygen atoms in total. The Kier molecular flexibility index (Phi) is 5.85. The number of hydrogen-bond acceptors (Lipinski definition) is 5. The Bertz CT molecular complexity index is 4110. The van der Waals surface area contributed by atoms with Gasteiger partial charge >= 0.3 is 0 Å². The highest BCUT2D eigenvalue weighted by Gasteiger charge is 2.26. The fourth-order valence-corrected chi connectivity index (χ4v) is 11.0. The van der Waals surface area contributed by atoms with Gasteiger partial charge in [-0.05, 0) is 68.7 Å². The van der Waals surface area contributed by atoms with Crippen LogP contribution in [0.3, 0.4) is 0 Å². The van der Waals surface area contributed by atoms with Crippen molar-refractivity contribution < 1.29 is 8.83 Å². The molecule has 0 amide bonds. The van der Waals surface area contributed by atoms with E-state index in [0.29, 0.717) is 11.7 Å². The van der Waals surface area contributed by atoms with Crippen LogP contribution in [0.25, 0.3) is 136 Å². The molecule has 0 saturated carbocycles. The number of aromatic nitrogens is 3. The Hall–Kier alpha value is -7.54. The van der Waals surface area contributed by atoms with Crippen LogP contribution < -0.4 is 0 Å². The lowest BCUT2D eigenvalue weighted by molar-refractivity contribution is 0.651. The first-order valence-corrected chi connectivity index (χ1v) is 20.3. The number of nitrogens with zero attached hydrogens (tertiary/aromatic N) is 3. The Balaban J connectivity index is 1.16. The summed E-state index contributed by atoms with van der Waals surface area (Å²) in [5.41, 5.74) is 6.86. The van der Waals surface area contributed by atoms with E-state index in [4.69, 9.17) is 18.8 Å². The van der Waals surface area contributed by atoms with Gasteiger partial charge in [-0.25, -0.2) is 4.98 Å². The number of benzene rings is 9. The summed E-state index contributed by atoms with van der Waals surface area (Å²) in [7, 11) is 0. The molecule has 0 bridgehead atoms. The second kappa shape index (κ2) is 11.1. The minimum Gasteiger partial charge on any atom is -0.456 e. The summed E-state index contributed by atoms with van der Waals surface area (Å²) in [4.78, 5) is 11.0. The molecule has 5 aromatic heterocycles. The Morgan fingerprint density at radius 2 is 1.09 bits per heavy atom. The van der Waals surface area contributed by atoms with Crippen molar-refractivity contribution in [1.29, 1.82) is 0 Å². The van der Waals surface area contributed by atoms with Gasteiger partial charge in [-0.15, -0.1) is 11.3 Å². The molecule has 0 N–H and O–H groups in total. The maximum Gasteiger partial charge on any atom is 0.238 e. The van der Waals surface area contributed by atoms with Crippen LogP contribution in [0, 0.1) is 0 Å². The molecule has 0 atom stereocenters. The Morgan fingerprint density at radius 3 is 1.91 bits per heavy atom. The molecule has 0 radical (unpaired) electrons. The first kappa shape index (κ1) is 30.7. The average molecular weight is 758 g/mol. The quantitative estimate of drug-likeness (QED) is 0.176. The summed E-state index contributed by atoms with van der Waals surface area (Å²) in [5, 5.41) is 16.2. The number of fused-ring (bicyclic) bond motifs is 20. The lowest BCUT2D eigenvalue weighted by atomic mass is 9.97. The second-order valence-electron chi connectivity index (χ2n) is 15.2. The molecule has 0 saturated heterocycles. The Morgan fingerprint density at radius 1 is 0.431 bits per heavy atom. The van der Waals surface area contributed by atoms with Crippen molar-refractivity contribution in [3.05, 3.63) is 164 Å². The standard InChI is InChI=1S/C52H27N3O2S/c1-3-13-31-29(12-1)23-26-40-43(31)36-24-21-30(27-41(36)56-40)48-47-35-17-7-9-19-39(35)57-51(47)54-52(53-48)55-38-25-22-28-11-2-4-14-32(28)45(38)46-34-16-6-5-15-33(34)44-37-18-8-10-20-42(37)58-50(44)49(46)55/h1-27H. The molecular formula is C52H27N3O2S. The average Bonchev–Trinajstić information content (AvgIpc) is 4.05. The van der Waals surface area contributed by atoms with Crippen molar-refractivity contribution >= 4 is 130 Å². The number of hydrogen-bond donors (Lipinski definition) is 0. The van der Waals surface area contributed by atoms with E-state index >= 15 is 0 Å². The first-order chi connectivity index (χ1) is 28.8. The van der Waals surface area contributed by atoms with Crippen molar-refractivity contribution in [3.8, 4) is 17.2 Å². The summed E-state index contributed by atoms with van der Waals surface area (Å²) in [6.07, 6.45) is 0. The summed E-state index contributed by atoms with van der Waals surface area (Å²) >= 11 is 1.84. The SMILES string of the molecule is c1ccc2c(c1)ccc1oc3cc(-c4nc(-n5c6ccc7ccccc7c6c6c7ccccc7c7c8ccccc8sc7c65)nc5oc6ccccc6c45)ccc3c12. The maximum absolute atomic E-state index is 6.65. The minimum absolute atomic E-state index is 0.543. The van der Waals surface area contributed by atoms with Gasteiger partial charge in [0.2, 0.25) is 11.7 Å². The second-order valence-corrected chi connectivity index (χ2v) is 16.3. The van der Waals surface area contributed by atoms with E-state index in [0.717, 1.165) is 60.6 Å². The van der Waals surface area contributed by atoms with Gasteiger partial charge in [0.05, 0.1) is 26.8 Å². The molecule has 9 aromatic carbocycles. The van der Waals surface area contributed by atoms with Gasteiger partial charge in [0.25, 0.3) is 0 Å². The molecule has 268 valence electrons. The van der Waals surface area contributed by atoms with Crippen molar-refractivity contribution in [2.24, 2.45) is 0 Å². The van der Waals surface area contributed by atoms with E-state index in [9.17, 15) is 0 Å². The molecule has 58 heavy (non-hydrogen) atoms. The number of rotatable bonds is 2. The van der Waals surface area contributed by atoms with Gasteiger partial charge < -0.3 is 8.83 Å². The molecule has 0 aliphatic heterocycles. The van der Waals surface area contributed by atoms with Crippen LogP contribution >= 0.6 is 11.3 Å². The lowest BCUT2D eigenvalue weighted by Crippen LogP contribution is -2.03.